The molecule has 1 aliphatic rings. The molecule has 1 saturated heterocycles. The van der Waals surface area contributed by atoms with Gasteiger partial charge in [0.2, 0.25) is 0 Å². The zero-order valence-electron chi connectivity index (χ0n) is 15.4. The maximum absolute atomic E-state index is 12.8. The molecule has 2 amide bonds. The predicted octanol–water partition coefficient (Wildman–Crippen LogP) is 4.83. The van der Waals surface area contributed by atoms with Gasteiger partial charge < -0.3 is 10.2 Å². The Bertz CT molecular complexity index is 855. The summed E-state index contributed by atoms with van der Waals surface area (Å²) in [5, 5.41) is 2.45. The molecule has 0 atom stereocenters. The molecule has 1 heterocycles. The zero-order chi connectivity index (χ0) is 20.3. The first kappa shape index (κ1) is 19.9. The van der Waals surface area contributed by atoms with Crippen molar-refractivity contribution in [3.05, 3.63) is 65.2 Å². The van der Waals surface area contributed by atoms with E-state index in [9.17, 15) is 22.8 Å². The summed E-state index contributed by atoms with van der Waals surface area (Å²) < 4.78 is 38.3. The Labute approximate surface area is 161 Å². The Kier molecular flexibility index (Phi) is 5.72. The van der Waals surface area contributed by atoms with Crippen molar-refractivity contribution in [3.63, 3.8) is 0 Å². The third-order valence-electron chi connectivity index (χ3n) is 4.91. The molecule has 28 heavy (non-hydrogen) atoms. The van der Waals surface area contributed by atoms with Crippen LogP contribution in [0.3, 0.4) is 0 Å². The van der Waals surface area contributed by atoms with Crippen molar-refractivity contribution >= 4 is 17.5 Å². The first-order chi connectivity index (χ1) is 13.2. The molecule has 1 fully saturated rings. The molecule has 7 heteroatoms. The number of piperidine rings is 1. The molecule has 0 aliphatic carbocycles. The molecule has 1 N–H and O–H groups in total. The smallest absolute Gasteiger partial charge is 0.339 e. The molecule has 3 rings (SSSR count). The van der Waals surface area contributed by atoms with Gasteiger partial charge in [0, 0.05) is 29.9 Å². The van der Waals surface area contributed by atoms with Gasteiger partial charge in [-0.25, -0.2) is 0 Å². The number of nitrogens with zero attached hydrogens (tertiary/aromatic N) is 1. The minimum Gasteiger partial charge on any atom is -0.339 e. The van der Waals surface area contributed by atoms with E-state index in [0.29, 0.717) is 11.5 Å². The molecule has 1 aliphatic heterocycles. The van der Waals surface area contributed by atoms with Gasteiger partial charge in [-0.3, -0.25) is 9.59 Å². The van der Waals surface area contributed by atoms with E-state index in [-0.39, 0.29) is 17.2 Å². The number of halogens is 3. The van der Waals surface area contributed by atoms with Gasteiger partial charge in [0.05, 0.1) is 5.56 Å². The van der Waals surface area contributed by atoms with Gasteiger partial charge in [-0.2, -0.15) is 13.2 Å². The second-order valence-electron chi connectivity index (χ2n) is 7.08. The Morgan fingerprint density at radius 3 is 2.21 bits per heavy atom. The fraction of sp³-hybridized carbons (Fsp3) is 0.333. The average molecular weight is 390 g/mol. The lowest BCUT2D eigenvalue weighted by molar-refractivity contribution is -0.137. The number of rotatable bonds is 3. The maximum Gasteiger partial charge on any atom is 0.416 e. The third kappa shape index (κ3) is 4.71. The first-order valence-electron chi connectivity index (χ1n) is 9.12. The van der Waals surface area contributed by atoms with Gasteiger partial charge in [0.1, 0.15) is 0 Å². The molecule has 0 unspecified atom stereocenters. The number of amides is 2. The van der Waals surface area contributed by atoms with E-state index in [2.05, 4.69) is 12.2 Å². The van der Waals surface area contributed by atoms with Crippen LogP contribution in [0, 0.1) is 5.92 Å². The molecule has 0 aromatic heterocycles. The summed E-state index contributed by atoms with van der Waals surface area (Å²) in [5.74, 6) is 0.00725. The Morgan fingerprint density at radius 2 is 1.61 bits per heavy atom. The van der Waals surface area contributed by atoms with Gasteiger partial charge in [-0.1, -0.05) is 13.0 Å². The van der Waals surface area contributed by atoms with Crippen LogP contribution in [0.4, 0.5) is 18.9 Å². The monoisotopic (exact) mass is 390 g/mol. The first-order valence-corrected chi connectivity index (χ1v) is 9.12. The minimum atomic E-state index is -4.48. The molecule has 4 nitrogen and oxygen atoms in total. The number of likely N-dealkylation sites (tertiary alicyclic amines) is 1. The number of hydrogen-bond acceptors (Lipinski definition) is 2. The summed E-state index contributed by atoms with van der Waals surface area (Å²) in [4.78, 5) is 26.6. The second kappa shape index (κ2) is 8.04. The van der Waals surface area contributed by atoms with E-state index in [1.165, 1.54) is 24.3 Å². The highest BCUT2D eigenvalue weighted by molar-refractivity contribution is 6.05. The highest BCUT2D eigenvalue weighted by Gasteiger charge is 2.30. The van der Waals surface area contributed by atoms with Crippen molar-refractivity contribution in [3.8, 4) is 0 Å². The largest absolute Gasteiger partial charge is 0.416 e. The molecule has 148 valence electrons. The van der Waals surface area contributed by atoms with Crippen LogP contribution in [0.25, 0.3) is 0 Å². The summed E-state index contributed by atoms with van der Waals surface area (Å²) in [6.45, 7) is 3.61. The molecule has 2 aromatic carbocycles. The fourth-order valence-corrected chi connectivity index (χ4v) is 3.13. The number of benzene rings is 2. The summed E-state index contributed by atoms with van der Waals surface area (Å²) in [5.41, 5.74) is -0.0177. The number of nitrogens with one attached hydrogen (secondary N) is 1. The van der Waals surface area contributed by atoms with E-state index >= 15 is 0 Å². The van der Waals surface area contributed by atoms with Crippen LogP contribution in [0.15, 0.2) is 48.5 Å². The van der Waals surface area contributed by atoms with E-state index < -0.39 is 17.6 Å². The molecule has 0 radical (unpaired) electrons. The van der Waals surface area contributed by atoms with Gasteiger partial charge in [-0.05, 0) is 61.2 Å². The molecule has 0 bridgehead atoms. The maximum atomic E-state index is 12.8. The van der Waals surface area contributed by atoms with Crippen molar-refractivity contribution in [2.75, 3.05) is 18.4 Å². The second-order valence-corrected chi connectivity index (χ2v) is 7.08. The molecular weight excluding hydrogens is 369 g/mol. The van der Waals surface area contributed by atoms with Crippen LogP contribution in [0.1, 0.15) is 46.0 Å². The zero-order valence-corrected chi connectivity index (χ0v) is 15.4. The number of hydrogen-bond donors (Lipinski definition) is 1. The van der Waals surface area contributed by atoms with Gasteiger partial charge in [-0.15, -0.1) is 0 Å². The summed E-state index contributed by atoms with van der Waals surface area (Å²) in [7, 11) is 0. The number of anilines is 1. The highest BCUT2D eigenvalue weighted by atomic mass is 19.4. The van der Waals surface area contributed by atoms with Crippen LogP contribution >= 0.6 is 0 Å². The third-order valence-corrected chi connectivity index (χ3v) is 4.91. The lowest BCUT2D eigenvalue weighted by atomic mass is 9.98. The van der Waals surface area contributed by atoms with Gasteiger partial charge in [0.25, 0.3) is 11.8 Å². The van der Waals surface area contributed by atoms with Gasteiger partial charge in [0.15, 0.2) is 0 Å². The summed E-state index contributed by atoms with van der Waals surface area (Å²) in [6.07, 6.45) is -2.53. The molecule has 0 saturated carbocycles. The Balaban J connectivity index is 1.66. The quantitative estimate of drug-likeness (QED) is 0.816. The fourth-order valence-electron chi connectivity index (χ4n) is 3.13. The van der Waals surface area contributed by atoms with Crippen molar-refractivity contribution in [2.24, 2.45) is 5.92 Å². The van der Waals surface area contributed by atoms with Crippen molar-refractivity contribution in [1.29, 1.82) is 0 Å². The Hall–Kier alpha value is -2.83. The van der Waals surface area contributed by atoms with E-state index in [0.717, 1.165) is 38.1 Å². The molecule has 2 aromatic rings. The highest BCUT2D eigenvalue weighted by Crippen LogP contribution is 2.30. The topological polar surface area (TPSA) is 49.4 Å². The van der Waals surface area contributed by atoms with Crippen molar-refractivity contribution in [2.45, 2.75) is 25.9 Å². The molecular formula is C21H21F3N2O2. The normalized spacial score (nSPS) is 15.4. The minimum absolute atomic E-state index is 0.0578. The van der Waals surface area contributed by atoms with Crippen molar-refractivity contribution in [1.82, 2.24) is 4.90 Å². The lowest BCUT2D eigenvalue weighted by Gasteiger charge is -2.30. The number of carbonyl (C=O) groups is 2. The SMILES string of the molecule is CC1CCN(C(=O)c2ccc(C(=O)Nc3cccc(C(F)(F)F)c3)cc2)CC1. The lowest BCUT2D eigenvalue weighted by Crippen LogP contribution is -2.37. The summed E-state index contributed by atoms with van der Waals surface area (Å²) >= 11 is 0. The van der Waals surface area contributed by atoms with Crippen LogP contribution in [-0.4, -0.2) is 29.8 Å². The van der Waals surface area contributed by atoms with Gasteiger partial charge >= 0.3 is 6.18 Å². The van der Waals surface area contributed by atoms with Crippen LogP contribution < -0.4 is 5.32 Å². The van der Waals surface area contributed by atoms with E-state index in [4.69, 9.17) is 0 Å². The van der Waals surface area contributed by atoms with Crippen LogP contribution in [-0.2, 0) is 6.18 Å². The van der Waals surface area contributed by atoms with E-state index in [1.807, 2.05) is 0 Å². The number of alkyl halides is 3. The van der Waals surface area contributed by atoms with E-state index in [1.54, 1.807) is 17.0 Å². The molecule has 0 spiro atoms. The summed E-state index contributed by atoms with van der Waals surface area (Å²) in [6, 6.07) is 10.6. The standard InChI is InChI=1S/C21H21F3N2O2/c1-14-9-11-26(12-10-14)20(28)16-7-5-15(6-8-16)19(27)25-18-4-2-3-17(13-18)21(22,23)24/h2-8,13-14H,9-12H2,1H3,(H,25,27). The number of carbonyl (C=O) groups excluding carboxylic acids is 2. The van der Waals surface area contributed by atoms with Crippen LogP contribution in [0.2, 0.25) is 0 Å². The van der Waals surface area contributed by atoms with Crippen LogP contribution in [0.5, 0.6) is 0 Å². The average Bonchev–Trinajstić information content (AvgIpc) is 2.68. The van der Waals surface area contributed by atoms with Crippen molar-refractivity contribution < 1.29 is 22.8 Å². The predicted molar refractivity (Wildman–Crippen MR) is 100 cm³/mol. The Morgan fingerprint density at radius 1 is 1.00 bits per heavy atom.